The summed E-state index contributed by atoms with van der Waals surface area (Å²) in [7, 11) is 0. The Bertz CT molecular complexity index is 1180. The van der Waals surface area contributed by atoms with Crippen LogP contribution in [0.4, 0.5) is 17.6 Å². The molecule has 5 rings (SSSR count). The molecule has 2 aliphatic carbocycles. The number of fused-ring (bicyclic) bond motifs is 1. The van der Waals surface area contributed by atoms with E-state index in [4.69, 9.17) is 16.3 Å². The maximum Gasteiger partial charge on any atom is 0.420 e. The van der Waals surface area contributed by atoms with Crippen LogP contribution in [0.2, 0.25) is 5.02 Å². The standard InChI is InChI=1S/C23H22ClF4N3O2/c24-17-12-14(3-4-18(17)33-15-5-8-22(25,32)9-6-15)16-7-10-31-19(11-13-1-2-13)29-30-21(31)20(16)23(26,27)28/h3-4,7,10,12-13,15,32H,1-2,5-6,8-9,11H2. The zero-order chi connectivity index (χ0) is 23.4. The van der Waals surface area contributed by atoms with Gasteiger partial charge in [-0.2, -0.15) is 13.2 Å². The summed E-state index contributed by atoms with van der Waals surface area (Å²) in [6, 6.07) is 5.86. The number of benzene rings is 1. The summed E-state index contributed by atoms with van der Waals surface area (Å²) in [4.78, 5) is 0. The first-order valence-electron chi connectivity index (χ1n) is 10.9. The quantitative estimate of drug-likeness (QED) is 0.452. The number of hydrogen-bond donors (Lipinski definition) is 1. The average Bonchev–Trinajstić information content (AvgIpc) is 3.48. The third-order valence-electron chi connectivity index (χ3n) is 6.34. The molecule has 2 saturated carbocycles. The maximum atomic E-state index is 14.1. The van der Waals surface area contributed by atoms with Crippen molar-refractivity contribution in [2.45, 2.75) is 63.1 Å². The number of ether oxygens (including phenoxy) is 1. The van der Waals surface area contributed by atoms with Crippen molar-refractivity contribution in [2.24, 2.45) is 5.92 Å². The van der Waals surface area contributed by atoms with Crippen molar-refractivity contribution in [1.82, 2.24) is 14.6 Å². The molecule has 0 saturated heterocycles. The molecule has 176 valence electrons. The monoisotopic (exact) mass is 483 g/mol. The van der Waals surface area contributed by atoms with Crippen molar-refractivity contribution < 1.29 is 27.4 Å². The van der Waals surface area contributed by atoms with Crippen molar-refractivity contribution in [3.63, 3.8) is 0 Å². The summed E-state index contributed by atoms with van der Waals surface area (Å²) in [6.07, 6.45) is -0.129. The van der Waals surface area contributed by atoms with E-state index in [0.717, 1.165) is 12.8 Å². The highest BCUT2D eigenvalue weighted by molar-refractivity contribution is 6.32. The third-order valence-corrected chi connectivity index (χ3v) is 6.63. The van der Waals surface area contributed by atoms with Crippen LogP contribution in [-0.2, 0) is 12.6 Å². The SMILES string of the molecule is OC1(F)CCC(Oc2ccc(-c3ccn4c(CC5CC5)nnc4c3C(F)(F)F)cc2Cl)CC1. The highest BCUT2D eigenvalue weighted by Gasteiger charge is 2.38. The Morgan fingerprint density at radius 1 is 1.12 bits per heavy atom. The Balaban J connectivity index is 1.46. The average molecular weight is 484 g/mol. The summed E-state index contributed by atoms with van der Waals surface area (Å²) in [5.74, 6) is -0.890. The molecule has 2 aromatic heterocycles. The molecule has 0 spiro atoms. The van der Waals surface area contributed by atoms with Gasteiger partial charge in [-0.1, -0.05) is 17.7 Å². The fourth-order valence-corrected chi connectivity index (χ4v) is 4.56. The number of hydrogen-bond acceptors (Lipinski definition) is 4. The van der Waals surface area contributed by atoms with Crippen LogP contribution in [0, 0.1) is 5.92 Å². The Morgan fingerprint density at radius 3 is 2.48 bits per heavy atom. The molecule has 1 aromatic carbocycles. The topological polar surface area (TPSA) is 59.7 Å². The van der Waals surface area contributed by atoms with Gasteiger partial charge in [0.05, 0.1) is 11.1 Å². The third kappa shape index (κ3) is 4.66. The van der Waals surface area contributed by atoms with Gasteiger partial charge in [-0.25, -0.2) is 4.39 Å². The number of nitrogens with zero attached hydrogens (tertiary/aromatic N) is 3. The van der Waals surface area contributed by atoms with Crippen molar-refractivity contribution >= 4 is 17.2 Å². The second-order valence-corrected chi connectivity index (χ2v) is 9.35. The Kier molecular flexibility index (Phi) is 5.52. The van der Waals surface area contributed by atoms with Crippen LogP contribution in [0.25, 0.3) is 16.8 Å². The predicted molar refractivity (Wildman–Crippen MR) is 114 cm³/mol. The summed E-state index contributed by atoms with van der Waals surface area (Å²) in [5, 5.41) is 17.5. The molecular formula is C23H22ClF4N3O2. The van der Waals surface area contributed by atoms with E-state index >= 15 is 0 Å². The lowest BCUT2D eigenvalue weighted by Crippen LogP contribution is -2.33. The summed E-state index contributed by atoms with van der Waals surface area (Å²) in [6.45, 7) is 0. The molecule has 33 heavy (non-hydrogen) atoms. The largest absolute Gasteiger partial charge is 0.489 e. The number of rotatable bonds is 5. The zero-order valence-electron chi connectivity index (χ0n) is 17.6. The van der Waals surface area contributed by atoms with E-state index in [1.54, 1.807) is 6.20 Å². The van der Waals surface area contributed by atoms with Crippen LogP contribution in [0.1, 0.15) is 49.9 Å². The van der Waals surface area contributed by atoms with E-state index in [0.29, 0.717) is 36.8 Å². The van der Waals surface area contributed by atoms with Crippen molar-refractivity contribution in [3.8, 4) is 16.9 Å². The van der Waals surface area contributed by atoms with Gasteiger partial charge in [0.1, 0.15) is 17.1 Å². The molecule has 10 heteroatoms. The molecular weight excluding hydrogens is 462 g/mol. The molecule has 2 fully saturated rings. The predicted octanol–water partition coefficient (Wildman–Crippen LogP) is 6.00. The Hall–Kier alpha value is -2.39. The minimum Gasteiger partial charge on any atom is -0.489 e. The maximum absolute atomic E-state index is 14.1. The summed E-state index contributed by atoms with van der Waals surface area (Å²) < 4.78 is 63.2. The van der Waals surface area contributed by atoms with Gasteiger partial charge in [0, 0.05) is 25.5 Å². The van der Waals surface area contributed by atoms with Gasteiger partial charge in [-0.05, 0) is 60.9 Å². The molecule has 0 amide bonds. The van der Waals surface area contributed by atoms with Gasteiger partial charge in [0.2, 0.25) is 5.85 Å². The minimum absolute atomic E-state index is 0.0383. The summed E-state index contributed by atoms with van der Waals surface area (Å²) >= 11 is 6.34. The molecule has 5 nitrogen and oxygen atoms in total. The van der Waals surface area contributed by atoms with Gasteiger partial charge in [-0.3, -0.25) is 4.40 Å². The summed E-state index contributed by atoms with van der Waals surface area (Å²) in [5.41, 5.74) is -0.864. The van der Waals surface area contributed by atoms with Crippen molar-refractivity contribution in [3.05, 3.63) is 46.9 Å². The first-order chi connectivity index (χ1) is 15.6. The molecule has 2 aliphatic rings. The van der Waals surface area contributed by atoms with E-state index in [-0.39, 0.29) is 40.7 Å². The Labute approximate surface area is 192 Å². The molecule has 0 radical (unpaired) electrons. The van der Waals surface area contributed by atoms with Gasteiger partial charge in [0.25, 0.3) is 0 Å². The van der Waals surface area contributed by atoms with E-state index < -0.39 is 17.6 Å². The van der Waals surface area contributed by atoms with Gasteiger partial charge in [-0.15, -0.1) is 10.2 Å². The lowest BCUT2D eigenvalue weighted by molar-refractivity contribution is -0.136. The van der Waals surface area contributed by atoms with E-state index in [1.165, 1.54) is 28.7 Å². The van der Waals surface area contributed by atoms with E-state index in [2.05, 4.69) is 10.2 Å². The van der Waals surface area contributed by atoms with Crippen LogP contribution in [0.5, 0.6) is 5.75 Å². The zero-order valence-corrected chi connectivity index (χ0v) is 18.3. The molecule has 0 bridgehead atoms. The van der Waals surface area contributed by atoms with Crippen molar-refractivity contribution in [1.29, 1.82) is 0 Å². The lowest BCUT2D eigenvalue weighted by Gasteiger charge is -2.30. The normalized spacial score (nSPS) is 23.8. The van der Waals surface area contributed by atoms with Crippen LogP contribution in [0.3, 0.4) is 0 Å². The number of pyridine rings is 1. The van der Waals surface area contributed by atoms with Gasteiger partial charge < -0.3 is 9.84 Å². The number of alkyl halides is 4. The highest BCUT2D eigenvalue weighted by atomic mass is 35.5. The number of halogens is 5. The Morgan fingerprint density at radius 2 is 1.85 bits per heavy atom. The first-order valence-corrected chi connectivity index (χ1v) is 11.3. The van der Waals surface area contributed by atoms with Crippen LogP contribution in [0.15, 0.2) is 30.5 Å². The molecule has 3 aromatic rings. The van der Waals surface area contributed by atoms with E-state index in [1.807, 2.05) is 0 Å². The molecule has 0 atom stereocenters. The first kappa shape index (κ1) is 22.4. The highest BCUT2D eigenvalue weighted by Crippen LogP contribution is 2.42. The van der Waals surface area contributed by atoms with Crippen LogP contribution in [-0.4, -0.2) is 31.7 Å². The number of aromatic nitrogens is 3. The fourth-order valence-electron chi connectivity index (χ4n) is 4.34. The number of aliphatic hydroxyl groups is 1. The lowest BCUT2D eigenvalue weighted by atomic mass is 9.93. The molecule has 0 unspecified atom stereocenters. The second-order valence-electron chi connectivity index (χ2n) is 8.94. The second kappa shape index (κ2) is 8.13. The van der Waals surface area contributed by atoms with Gasteiger partial charge in [0.15, 0.2) is 5.65 Å². The van der Waals surface area contributed by atoms with Gasteiger partial charge >= 0.3 is 6.18 Å². The smallest absolute Gasteiger partial charge is 0.420 e. The van der Waals surface area contributed by atoms with Crippen molar-refractivity contribution in [2.75, 3.05) is 0 Å². The van der Waals surface area contributed by atoms with Crippen LogP contribution < -0.4 is 4.74 Å². The van der Waals surface area contributed by atoms with Crippen LogP contribution >= 0.6 is 11.6 Å². The van der Waals surface area contributed by atoms with E-state index in [9.17, 15) is 22.7 Å². The minimum atomic E-state index is -4.64. The molecule has 1 N–H and O–H groups in total. The molecule has 0 aliphatic heterocycles. The molecule has 2 heterocycles. The fraction of sp³-hybridized carbons (Fsp3) is 0.478.